The number of carbonyl (C=O) groups excluding carboxylic acids is 1. The maximum Gasteiger partial charge on any atom is 0.248 e. The first-order chi connectivity index (χ1) is 13.1. The molecule has 1 spiro atoms. The van der Waals surface area contributed by atoms with E-state index in [1.807, 2.05) is 37.4 Å². The highest BCUT2D eigenvalue weighted by atomic mass is 16.5. The van der Waals surface area contributed by atoms with Crippen molar-refractivity contribution in [1.29, 1.82) is 0 Å². The Morgan fingerprint density at radius 3 is 2.41 bits per heavy atom. The Hall–Kier alpha value is -2.53. The minimum atomic E-state index is -0.169. The van der Waals surface area contributed by atoms with Crippen molar-refractivity contribution in [2.24, 2.45) is 0 Å². The van der Waals surface area contributed by atoms with Crippen LogP contribution >= 0.6 is 0 Å². The second-order valence-electron chi connectivity index (χ2n) is 7.48. The monoisotopic (exact) mass is 366 g/mol. The highest BCUT2D eigenvalue weighted by Gasteiger charge is 2.41. The lowest BCUT2D eigenvalue weighted by Gasteiger charge is -2.46. The van der Waals surface area contributed by atoms with Gasteiger partial charge >= 0.3 is 0 Å². The molecule has 2 fully saturated rings. The van der Waals surface area contributed by atoms with Crippen LogP contribution in [0.5, 0.6) is 5.75 Å². The highest BCUT2D eigenvalue weighted by Crippen LogP contribution is 2.32. The van der Waals surface area contributed by atoms with Crippen molar-refractivity contribution in [3.63, 3.8) is 0 Å². The third-order valence-electron chi connectivity index (χ3n) is 5.58. The van der Waals surface area contributed by atoms with Crippen LogP contribution in [0.15, 0.2) is 54.6 Å². The normalized spacial score (nSPS) is 19.4. The number of ether oxygens (including phenoxy) is 2. The minimum Gasteiger partial charge on any atom is -0.489 e. The van der Waals surface area contributed by atoms with E-state index in [2.05, 4.69) is 29.2 Å². The van der Waals surface area contributed by atoms with Crippen LogP contribution in [-0.4, -0.2) is 49.7 Å². The van der Waals surface area contributed by atoms with Gasteiger partial charge in [-0.15, -0.1) is 0 Å². The van der Waals surface area contributed by atoms with Crippen LogP contribution in [0.4, 0.5) is 5.69 Å². The molecule has 2 aromatic carbocycles. The van der Waals surface area contributed by atoms with Gasteiger partial charge in [-0.25, -0.2) is 0 Å². The molecule has 1 amide bonds. The summed E-state index contributed by atoms with van der Waals surface area (Å²) in [5, 5.41) is 0. The second-order valence-corrected chi connectivity index (χ2v) is 7.48. The SMILES string of the molecule is CN1CC2(CCN(c3ccc(OCc4ccccc4)cc3)CC2)OCC1=O. The van der Waals surface area contributed by atoms with Gasteiger partial charge in [-0.05, 0) is 42.7 Å². The van der Waals surface area contributed by atoms with Crippen molar-refractivity contribution in [1.82, 2.24) is 4.90 Å². The van der Waals surface area contributed by atoms with Crippen molar-refractivity contribution in [2.75, 3.05) is 38.2 Å². The predicted octanol–water partition coefficient (Wildman–Crippen LogP) is 3.09. The van der Waals surface area contributed by atoms with Crippen LogP contribution in [0, 0.1) is 0 Å². The van der Waals surface area contributed by atoms with Crippen LogP contribution in [-0.2, 0) is 16.1 Å². The third-order valence-corrected chi connectivity index (χ3v) is 5.58. The molecule has 0 N–H and O–H groups in total. The van der Waals surface area contributed by atoms with Crippen molar-refractivity contribution < 1.29 is 14.3 Å². The summed E-state index contributed by atoms with van der Waals surface area (Å²) in [5.41, 5.74) is 2.20. The lowest BCUT2D eigenvalue weighted by molar-refractivity contribution is -0.164. The zero-order chi connectivity index (χ0) is 18.7. The number of hydrogen-bond acceptors (Lipinski definition) is 4. The summed E-state index contributed by atoms with van der Waals surface area (Å²) in [7, 11) is 1.87. The lowest BCUT2D eigenvalue weighted by Crippen LogP contribution is -2.57. The number of carbonyl (C=O) groups is 1. The highest BCUT2D eigenvalue weighted by molar-refractivity contribution is 5.78. The fraction of sp³-hybridized carbons (Fsp3) is 0.409. The van der Waals surface area contributed by atoms with Crippen LogP contribution in [0.25, 0.3) is 0 Å². The minimum absolute atomic E-state index is 0.0779. The number of amides is 1. The van der Waals surface area contributed by atoms with Crippen LogP contribution in [0.2, 0.25) is 0 Å². The maximum absolute atomic E-state index is 11.7. The zero-order valence-corrected chi connectivity index (χ0v) is 15.8. The van der Waals surface area contributed by atoms with E-state index in [-0.39, 0.29) is 18.1 Å². The molecule has 5 heteroatoms. The fourth-order valence-corrected chi connectivity index (χ4v) is 3.86. The molecule has 0 aliphatic carbocycles. The van der Waals surface area contributed by atoms with E-state index >= 15 is 0 Å². The molecule has 0 unspecified atom stereocenters. The van der Waals surface area contributed by atoms with Crippen molar-refractivity contribution in [3.05, 3.63) is 60.2 Å². The number of morpholine rings is 1. The number of piperidine rings is 1. The number of rotatable bonds is 4. The molecule has 2 aromatic rings. The molecule has 142 valence electrons. The molecule has 0 radical (unpaired) electrons. The molecular weight excluding hydrogens is 340 g/mol. The van der Waals surface area contributed by atoms with E-state index in [0.29, 0.717) is 13.2 Å². The zero-order valence-electron chi connectivity index (χ0n) is 15.8. The van der Waals surface area contributed by atoms with Gasteiger partial charge < -0.3 is 19.3 Å². The van der Waals surface area contributed by atoms with E-state index in [1.54, 1.807) is 4.90 Å². The van der Waals surface area contributed by atoms with Crippen molar-refractivity contribution in [2.45, 2.75) is 25.0 Å². The molecular formula is C22H26N2O3. The Morgan fingerprint density at radius 2 is 1.74 bits per heavy atom. The first-order valence-electron chi connectivity index (χ1n) is 9.53. The smallest absolute Gasteiger partial charge is 0.248 e. The number of likely N-dealkylation sites (N-methyl/N-ethyl adjacent to an activating group) is 1. The number of nitrogens with zero attached hydrogens (tertiary/aromatic N) is 2. The summed E-state index contributed by atoms with van der Waals surface area (Å²) in [6, 6.07) is 18.5. The predicted molar refractivity (Wildman–Crippen MR) is 105 cm³/mol. The van der Waals surface area contributed by atoms with E-state index in [9.17, 15) is 4.79 Å². The van der Waals surface area contributed by atoms with Gasteiger partial charge in [0.05, 0.1) is 5.60 Å². The Kier molecular flexibility index (Phi) is 5.03. The van der Waals surface area contributed by atoms with Crippen LogP contribution < -0.4 is 9.64 Å². The largest absolute Gasteiger partial charge is 0.489 e. The van der Waals surface area contributed by atoms with E-state index in [0.717, 1.165) is 31.7 Å². The third kappa shape index (κ3) is 4.08. The average Bonchev–Trinajstić information content (AvgIpc) is 2.71. The van der Waals surface area contributed by atoms with Gasteiger partial charge in [0.2, 0.25) is 5.91 Å². The molecule has 0 aromatic heterocycles. The molecule has 2 saturated heterocycles. The summed E-state index contributed by atoms with van der Waals surface area (Å²) in [5.74, 6) is 0.959. The Balaban J connectivity index is 1.32. The number of anilines is 1. The maximum atomic E-state index is 11.7. The molecule has 27 heavy (non-hydrogen) atoms. The van der Waals surface area contributed by atoms with Gasteiger partial charge in [0, 0.05) is 32.4 Å². The van der Waals surface area contributed by atoms with Crippen molar-refractivity contribution in [3.8, 4) is 5.75 Å². The molecule has 2 aliphatic heterocycles. The van der Waals surface area contributed by atoms with Crippen molar-refractivity contribution >= 4 is 11.6 Å². The van der Waals surface area contributed by atoms with E-state index in [1.165, 1.54) is 11.3 Å². The Morgan fingerprint density at radius 1 is 1.04 bits per heavy atom. The molecule has 2 aliphatic rings. The van der Waals surface area contributed by atoms with Gasteiger partial charge in [-0.2, -0.15) is 0 Å². The Labute approximate surface area is 160 Å². The average molecular weight is 366 g/mol. The number of hydrogen-bond donors (Lipinski definition) is 0. The Bertz CT molecular complexity index is 768. The van der Waals surface area contributed by atoms with Gasteiger partial charge in [0.15, 0.2) is 0 Å². The van der Waals surface area contributed by atoms with Gasteiger partial charge in [0.1, 0.15) is 19.0 Å². The molecule has 5 nitrogen and oxygen atoms in total. The molecule has 2 heterocycles. The van der Waals surface area contributed by atoms with Crippen LogP contribution in [0.1, 0.15) is 18.4 Å². The molecule has 0 bridgehead atoms. The summed E-state index contributed by atoms with van der Waals surface area (Å²) in [4.78, 5) is 15.8. The first-order valence-corrected chi connectivity index (χ1v) is 9.53. The van der Waals surface area contributed by atoms with Gasteiger partial charge in [-0.1, -0.05) is 30.3 Å². The molecule has 4 rings (SSSR count). The summed E-state index contributed by atoms with van der Waals surface area (Å²) >= 11 is 0. The van der Waals surface area contributed by atoms with Gasteiger partial charge in [-0.3, -0.25) is 4.79 Å². The topological polar surface area (TPSA) is 42.0 Å². The summed E-state index contributed by atoms with van der Waals surface area (Å²) in [6.45, 7) is 3.37. The standard InChI is InChI=1S/C22H26N2O3/c1-23-17-22(27-16-21(23)25)11-13-24(14-12-22)19-7-9-20(10-8-19)26-15-18-5-3-2-4-6-18/h2-10H,11-17H2,1H3. The quantitative estimate of drug-likeness (QED) is 0.834. The fourth-order valence-electron chi connectivity index (χ4n) is 3.86. The number of benzene rings is 2. The molecule has 0 atom stereocenters. The van der Waals surface area contributed by atoms with E-state index < -0.39 is 0 Å². The summed E-state index contributed by atoms with van der Waals surface area (Å²) < 4.78 is 11.8. The second kappa shape index (κ2) is 7.61. The first kappa shape index (κ1) is 17.9. The van der Waals surface area contributed by atoms with Crippen LogP contribution in [0.3, 0.4) is 0 Å². The van der Waals surface area contributed by atoms with Gasteiger partial charge in [0.25, 0.3) is 0 Å². The molecule has 0 saturated carbocycles. The lowest BCUT2D eigenvalue weighted by atomic mass is 9.89. The summed E-state index contributed by atoms with van der Waals surface area (Å²) in [6.07, 6.45) is 1.88. The van der Waals surface area contributed by atoms with E-state index in [4.69, 9.17) is 9.47 Å².